The summed E-state index contributed by atoms with van der Waals surface area (Å²) in [6.45, 7) is 0. The van der Waals surface area contributed by atoms with Gasteiger partial charge in [0.25, 0.3) is 5.69 Å². The zero-order chi connectivity index (χ0) is 37.5. The number of benzene rings is 6. The third-order valence-electron chi connectivity index (χ3n) is 7.74. The Morgan fingerprint density at radius 1 is 0.481 bits per heavy atom. The Labute approximate surface area is 306 Å². The number of nitrogens with zero attached hydrogens (tertiary/aromatic N) is 1. The molecule has 0 spiro atoms. The van der Waals surface area contributed by atoms with Crippen molar-refractivity contribution >= 4 is 36.1 Å². The minimum Gasteiger partial charge on any atom is -0.496 e. The molecule has 6 aromatic rings. The van der Waals surface area contributed by atoms with Gasteiger partial charge in [0.1, 0.15) is 17.2 Å². The van der Waals surface area contributed by atoms with E-state index in [1.54, 1.807) is 56.7 Å². The molecular formula is C42H34ClNO8. The molecule has 9 nitrogen and oxygen atoms in total. The normalized spacial score (nSPS) is 9.92. The summed E-state index contributed by atoms with van der Waals surface area (Å²) in [7, 11) is 4.58. The third kappa shape index (κ3) is 9.99. The number of carbonyl (C=O) groups excluding carboxylic acids is 3. The number of halogens is 1. The molecule has 0 bridgehead atoms. The molecule has 0 saturated heterocycles. The molecule has 0 saturated carbocycles. The second-order valence-electron chi connectivity index (χ2n) is 10.9. The van der Waals surface area contributed by atoms with Gasteiger partial charge in [0, 0.05) is 17.2 Å². The van der Waals surface area contributed by atoms with Gasteiger partial charge in [-0.2, -0.15) is 0 Å². The van der Waals surface area contributed by atoms with Crippen LogP contribution in [0.4, 0.5) is 5.69 Å². The molecule has 0 unspecified atom stereocenters. The van der Waals surface area contributed by atoms with Crippen LogP contribution in [0.25, 0.3) is 33.4 Å². The standard InChI is InChI=1S/C14H11ClO2.C14H11NO4.C14H12O2/c1-17-14-8-11(5-6-12(14)9-16)10-3-2-4-13(15)7-10;1-19-14-8-11(5-6-12(14)9-16)10-3-2-4-13(7-10)15(17)18;1-16-14-9-12(7-8-13(14)10-15)11-5-3-2-4-6-11/h2-9H,1H3;2-9H,1H3;2-10H,1H3. The molecule has 0 N–H and O–H groups in total. The van der Waals surface area contributed by atoms with Crippen LogP contribution in [0.5, 0.6) is 17.2 Å². The highest BCUT2D eigenvalue weighted by Crippen LogP contribution is 2.30. The zero-order valence-corrected chi connectivity index (χ0v) is 29.3. The smallest absolute Gasteiger partial charge is 0.270 e. The van der Waals surface area contributed by atoms with Crippen molar-refractivity contribution in [3.63, 3.8) is 0 Å². The summed E-state index contributed by atoms with van der Waals surface area (Å²) in [4.78, 5) is 42.6. The average Bonchev–Trinajstić information content (AvgIpc) is 3.20. The fourth-order valence-electron chi connectivity index (χ4n) is 5.06. The number of hydrogen-bond donors (Lipinski definition) is 0. The largest absolute Gasteiger partial charge is 0.496 e. The first-order chi connectivity index (χ1) is 25.2. The molecule has 0 radical (unpaired) electrons. The van der Waals surface area contributed by atoms with Gasteiger partial charge in [-0.3, -0.25) is 24.5 Å². The maximum Gasteiger partial charge on any atom is 0.270 e. The van der Waals surface area contributed by atoms with Gasteiger partial charge in [0.15, 0.2) is 18.9 Å². The summed E-state index contributed by atoms with van der Waals surface area (Å²) in [5.74, 6) is 1.62. The number of nitro groups is 1. The minimum atomic E-state index is -0.444. The van der Waals surface area contributed by atoms with Crippen LogP contribution >= 0.6 is 11.6 Å². The van der Waals surface area contributed by atoms with Crippen molar-refractivity contribution in [2.45, 2.75) is 0 Å². The Morgan fingerprint density at radius 3 is 1.27 bits per heavy atom. The molecule has 0 aromatic heterocycles. The summed E-state index contributed by atoms with van der Waals surface area (Å²) in [5.41, 5.74) is 7.15. The predicted octanol–water partition coefficient (Wildman–Crippen LogP) is 10.1. The van der Waals surface area contributed by atoms with Gasteiger partial charge in [-0.1, -0.05) is 84.4 Å². The summed E-state index contributed by atoms with van der Waals surface area (Å²) in [6.07, 6.45) is 2.28. The van der Waals surface area contributed by atoms with E-state index in [4.69, 9.17) is 25.8 Å². The molecule has 0 aliphatic heterocycles. The number of aldehydes is 3. The maximum atomic E-state index is 10.8. The number of carbonyl (C=O) groups is 3. The van der Waals surface area contributed by atoms with Crippen LogP contribution in [0.3, 0.4) is 0 Å². The molecule has 0 amide bonds. The van der Waals surface area contributed by atoms with Crippen LogP contribution in [0.1, 0.15) is 31.1 Å². The summed E-state index contributed by atoms with van der Waals surface area (Å²) >= 11 is 5.94. The molecule has 0 fully saturated rings. The molecule has 0 heterocycles. The van der Waals surface area contributed by atoms with Gasteiger partial charge in [0.05, 0.1) is 42.9 Å². The van der Waals surface area contributed by atoms with Crippen molar-refractivity contribution < 1.29 is 33.5 Å². The lowest BCUT2D eigenvalue weighted by atomic mass is 10.0. The highest BCUT2D eigenvalue weighted by molar-refractivity contribution is 6.30. The molecule has 52 heavy (non-hydrogen) atoms. The van der Waals surface area contributed by atoms with E-state index in [1.807, 2.05) is 78.9 Å². The second kappa shape index (κ2) is 19.0. The number of ether oxygens (including phenoxy) is 3. The Hall–Kier alpha value is -6.58. The molecule has 0 aliphatic rings. The molecule has 10 heteroatoms. The summed E-state index contributed by atoms with van der Waals surface area (Å²) < 4.78 is 15.4. The molecule has 6 rings (SSSR count). The highest BCUT2D eigenvalue weighted by Gasteiger charge is 2.10. The summed E-state index contributed by atoms with van der Waals surface area (Å²) in [6, 6.07) is 39.9. The van der Waals surface area contributed by atoms with Crippen LogP contribution < -0.4 is 14.2 Å². The lowest BCUT2D eigenvalue weighted by Crippen LogP contribution is -1.92. The SMILES string of the molecule is COc1cc(-c2cccc(Cl)c2)ccc1C=O.COc1cc(-c2cccc([N+](=O)[O-])c2)ccc1C=O.COc1cc(-c2ccccc2)ccc1C=O. The lowest BCUT2D eigenvalue weighted by molar-refractivity contribution is -0.384. The van der Waals surface area contributed by atoms with Crippen LogP contribution in [0.15, 0.2) is 133 Å². The second-order valence-corrected chi connectivity index (χ2v) is 11.3. The quantitative estimate of drug-likeness (QED) is 0.0780. The van der Waals surface area contributed by atoms with E-state index < -0.39 is 4.92 Å². The molecule has 6 aromatic carbocycles. The van der Waals surface area contributed by atoms with Gasteiger partial charge in [-0.15, -0.1) is 0 Å². The lowest BCUT2D eigenvalue weighted by Gasteiger charge is -2.07. The van der Waals surface area contributed by atoms with E-state index in [9.17, 15) is 24.5 Å². The van der Waals surface area contributed by atoms with Gasteiger partial charge in [-0.05, 0) is 81.9 Å². The third-order valence-corrected chi connectivity index (χ3v) is 7.97. The van der Waals surface area contributed by atoms with Crippen LogP contribution in [0.2, 0.25) is 5.02 Å². The Balaban J connectivity index is 0.000000175. The minimum absolute atomic E-state index is 0.0240. The first-order valence-corrected chi connectivity index (χ1v) is 16.1. The predicted molar refractivity (Wildman–Crippen MR) is 203 cm³/mol. The average molecular weight is 716 g/mol. The number of nitro benzene ring substituents is 1. The van der Waals surface area contributed by atoms with Gasteiger partial charge in [-0.25, -0.2) is 0 Å². The van der Waals surface area contributed by atoms with Crippen molar-refractivity contribution in [1.82, 2.24) is 0 Å². The Bertz CT molecular complexity index is 2170. The van der Waals surface area contributed by atoms with Crippen LogP contribution in [-0.2, 0) is 0 Å². The van der Waals surface area contributed by atoms with Crippen molar-refractivity contribution in [2.75, 3.05) is 21.3 Å². The van der Waals surface area contributed by atoms with Gasteiger partial charge >= 0.3 is 0 Å². The zero-order valence-electron chi connectivity index (χ0n) is 28.5. The van der Waals surface area contributed by atoms with E-state index >= 15 is 0 Å². The molecule has 0 aliphatic carbocycles. The Kier molecular flexibility index (Phi) is 14.0. The first-order valence-electron chi connectivity index (χ1n) is 15.7. The van der Waals surface area contributed by atoms with Crippen molar-refractivity contribution in [1.29, 1.82) is 0 Å². The number of hydrogen-bond acceptors (Lipinski definition) is 8. The fourth-order valence-corrected chi connectivity index (χ4v) is 5.25. The highest BCUT2D eigenvalue weighted by atomic mass is 35.5. The summed E-state index contributed by atoms with van der Waals surface area (Å²) in [5, 5.41) is 11.4. The Morgan fingerprint density at radius 2 is 0.865 bits per heavy atom. The van der Waals surface area contributed by atoms with E-state index in [0.717, 1.165) is 40.4 Å². The van der Waals surface area contributed by atoms with Crippen molar-refractivity contribution in [2.24, 2.45) is 0 Å². The number of rotatable bonds is 10. The molecule has 0 atom stereocenters. The molecular weight excluding hydrogens is 682 g/mol. The molecule has 262 valence electrons. The first kappa shape index (κ1) is 38.2. The maximum absolute atomic E-state index is 10.8. The fraction of sp³-hybridized carbons (Fsp3) is 0.0714. The topological polar surface area (TPSA) is 122 Å². The van der Waals surface area contributed by atoms with Crippen LogP contribution in [-0.4, -0.2) is 45.1 Å². The van der Waals surface area contributed by atoms with Crippen molar-refractivity contribution in [3.05, 3.63) is 165 Å². The van der Waals surface area contributed by atoms with Gasteiger partial charge < -0.3 is 14.2 Å². The van der Waals surface area contributed by atoms with Gasteiger partial charge in [0.2, 0.25) is 0 Å². The number of methoxy groups -OCH3 is 3. The monoisotopic (exact) mass is 715 g/mol. The van der Waals surface area contributed by atoms with Crippen LogP contribution in [0, 0.1) is 10.1 Å². The van der Waals surface area contributed by atoms with E-state index in [-0.39, 0.29) is 5.69 Å². The van der Waals surface area contributed by atoms with E-state index in [0.29, 0.717) is 50.8 Å². The van der Waals surface area contributed by atoms with E-state index in [2.05, 4.69) is 0 Å². The number of non-ortho nitro benzene ring substituents is 1. The van der Waals surface area contributed by atoms with Crippen molar-refractivity contribution in [3.8, 4) is 50.6 Å². The van der Waals surface area contributed by atoms with E-state index in [1.165, 1.54) is 19.2 Å².